The first-order chi connectivity index (χ1) is 14.6. The maximum Gasteiger partial charge on any atom is 0.240 e. The van der Waals surface area contributed by atoms with Crippen LogP contribution in [0.2, 0.25) is 0 Å². The second kappa shape index (κ2) is 9.24. The second-order valence-corrected chi connectivity index (χ2v) is 9.31. The highest BCUT2D eigenvalue weighted by atomic mass is 32.2. The largest absolute Gasteiger partial charge is 0.497 e. The molecule has 7 nitrogen and oxygen atoms in total. The number of nitrogens with one attached hydrogen (secondary N) is 1. The zero-order chi connectivity index (χ0) is 21.0. The zero-order valence-corrected chi connectivity index (χ0v) is 18.0. The van der Waals surface area contributed by atoms with Crippen LogP contribution in [-0.4, -0.2) is 53.3 Å². The molecule has 4 rings (SSSR count). The molecule has 2 aliphatic rings. The Bertz CT molecular complexity index is 956. The number of benzene rings is 2. The molecule has 1 fully saturated rings. The minimum atomic E-state index is -3.69. The Kier molecular flexibility index (Phi) is 6.46. The number of methoxy groups -OCH3 is 1. The third kappa shape index (κ3) is 4.71. The Morgan fingerprint density at radius 2 is 1.70 bits per heavy atom. The number of nitrogens with zero attached hydrogens (tertiary/aromatic N) is 1. The molecule has 1 saturated heterocycles. The highest BCUT2D eigenvalue weighted by molar-refractivity contribution is 7.89. The van der Waals surface area contributed by atoms with E-state index in [9.17, 15) is 8.42 Å². The van der Waals surface area contributed by atoms with Crippen LogP contribution in [0.5, 0.6) is 17.2 Å². The molecule has 1 N–H and O–H groups in total. The zero-order valence-electron chi connectivity index (χ0n) is 17.2. The number of ether oxygens (including phenoxy) is 3. The van der Waals surface area contributed by atoms with E-state index in [1.54, 1.807) is 25.3 Å². The first-order valence-corrected chi connectivity index (χ1v) is 11.8. The molecule has 162 valence electrons. The van der Waals surface area contributed by atoms with E-state index in [0.717, 1.165) is 43.7 Å². The summed E-state index contributed by atoms with van der Waals surface area (Å²) in [6.45, 7) is 3.29. The molecule has 0 radical (unpaired) electrons. The van der Waals surface area contributed by atoms with Gasteiger partial charge in [-0.25, -0.2) is 13.1 Å². The van der Waals surface area contributed by atoms with Gasteiger partial charge in [0.1, 0.15) is 5.75 Å². The van der Waals surface area contributed by atoms with E-state index in [1.807, 2.05) is 24.3 Å². The minimum Gasteiger partial charge on any atom is -0.497 e. The molecule has 30 heavy (non-hydrogen) atoms. The molecule has 0 aliphatic carbocycles. The Labute approximate surface area is 178 Å². The summed E-state index contributed by atoms with van der Waals surface area (Å²) < 4.78 is 45.3. The lowest BCUT2D eigenvalue weighted by atomic mass is 10.1. The molecule has 2 aliphatic heterocycles. The van der Waals surface area contributed by atoms with Gasteiger partial charge in [-0.1, -0.05) is 12.1 Å². The highest BCUT2D eigenvalue weighted by Gasteiger charge is 2.26. The lowest BCUT2D eigenvalue weighted by molar-refractivity contribution is 0.246. The number of likely N-dealkylation sites (tertiary alicyclic amines) is 1. The summed E-state index contributed by atoms with van der Waals surface area (Å²) in [5, 5.41) is 0. The number of hydrogen-bond donors (Lipinski definition) is 1. The van der Waals surface area contributed by atoms with E-state index in [4.69, 9.17) is 14.2 Å². The van der Waals surface area contributed by atoms with E-state index >= 15 is 0 Å². The van der Waals surface area contributed by atoms with Crippen molar-refractivity contribution in [3.8, 4) is 17.2 Å². The van der Waals surface area contributed by atoms with Gasteiger partial charge in [-0.05, 0) is 55.8 Å². The average molecular weight is 433 g/mol. The van der Waals surface area contributed by atoms with Crippen LogP contribution in [0.1, 0.15) is 30.9 Å². The van der Waals surface area contributed by atoms with Gasteiger partial charge < -0.3 is 14.2 Å². The summed E-state index contributed by atoms with van der Waals surface area (Å²) in [5.74, 6) is 1.84. The number of rotatable bonds is 7. The van der Waals surface area contributed by atoms with Gasteiger partial charge in [0.25, 0.3) is 0 Å². The quantitative estimate of drug-likeness (QED) is 0.725. The summed E-state index contributed by atoms with van der Waals surface area (Å²) in [6.07, 6.45) is 3.03. The van der Waals surface area contributed by atoms with Crippen molar-refractivity contribution >= 4 is 10.0 Å². The summed E-state index contributed by atoms with van der Waals surface area (Å²) >= 11 is 0. The van der Waals surface area contributed by atoms with Gasteiger partial charge in [0.2, 0.25) is 10.0 Å². The van der Waals surface area contributed by atoms with Crippen LogP contribution in [0.15, 0.2) is 47.4 Å². The predicted molar refractivity (Wildman–Crippen MR) is 114 cm³/mol. The molecule has 2 aromatic rings. The van der Waals surface area contributed by atoms with Gasteiger partial charge in [0, 0.05) is 25.1 Å². The van der Waals surface area contributed by atoms with Crippen LogP contribution in [-0.2, 0) is 10.0 Å². The topological polar surface area (TPSA) is 77.1 Å². The Hall–Kier alpha value is -2.29. The predicted octanol–water partition coefficient (Wildman–Crippen LogP) is 2.97. The molecule has 8 heteroatoms. The van der Waals surface area contributed by atoms with Gasteiger partial charge >= 0.3 is 0 Å². The van der Waals surface area contributed by atoms with Crippen LogP contribution >= 0.6 is 0 Å². The van der Waals surface area contributed by atoms with Crippen LogP contribution in [0.4, 0.5) is 0 Å². The molecule has 2 aromatic carbocycles. The van der Waals surface area contributed by atoms with Gasteiger partial charge in [-0.2, -0.15) is 0 Å². The lowest BCUT2D eigenvalue weighted by Crippen LogP contribution is -2.36. The van der Waals surface area contributed by atoms with Crippen molar-refractivity contribution in [3.63, 3.8) is 0 Å². The van der Waals surface area contributed by atoms with Gasteiger partial charge in [0.05, 0.1) is 25.2 Å². The monoisotopic (exact) mass is 432 g/mol. The van der Waals surface area contributed by atoms with E-state index in [0.29, 0.717) is 31.3 Å². The fourth-order valence-corrected chi connectivity index (χ4v) is 4.97. The molecular formula is C22H28N2O5S. The van der Waals surface area contributed by atoms with Crippen molar-refractivity contribution in [2.24, 2.45) is 0 Å². The van der Waals surface area contributed by atoms with Gasteiger partial charge in [0.15, 0.2) is 11.5 Å². The molecule has 0 unspecified atom stereocenters. The van der Waals surface area contributed by atoms with Crippen LogP contribution in [0.25, 0.3) is 0 Å². The molecule has 0 bridgehead atoms. The van der Waals surface area contributed by atoms with Crippen molar-refractivity contribution < 1.29 is 22.6 Å². The maximum absolute atomic E-state index is 13.0. The Balaban J connectivity index is 1.52. The lowest BCUT2D eigenvalue weighted by Gasteiger charge is -2.28. The highest BCUT2D eigenvalue weighted by Crippen LogP contribution is 2.32. The van der Waals surface area contributed by atoms with Gasteiger partial charge in [-0.15, -0.1) is 0 Å². The normalized spacial score (nSPS) is 18.0. The average Bonchev–Trinajstić information content (AvgIpc) is 3.18. The first kappa shape index (κ1) is 21.0. The standard InChI is InChI=1S/C22H28N2O5S/c1-27-18-7-5-17(6-8-18)20(24-11-2-3-12-24)16-23-30(25,26)19-9-10-21-22(15-19)29-14-4-13-28-21/h5-10,15,20,23H,2-4,11-14,16H2,1H3/t20-/m1/s1. The summed E-state index contributed by atoms with van der Waals surface area (Å²) in [4.78, 5) is 2.51. The van der Waals surface area contributed by atoms with E-state index in [2.05, 4.69) is 9.62 Å². The van der Waals surface area contributed by atoms with Crippen molar-refractivity contribution in [2.75, 3.05) is 40.0 Å². The fraction of sp³-hybridized carbons (Fsp3) is 0.455. The smallest absolute Gasteiger partial charge is 0.240 e. The van der Waals surface area contributed by atoms with E-state index < -0.39 is 10.0 Å². The third-order valence-electron chi connectivity index (χ3n) is 5.58. The number of sulfonamides is 1. The molecule has 1 atom stereocenters. The SMILES string of the molecule is COc1ccc([C@@H](CNS(=O)(=O)c2ccc3c(c2)OCCCO3)N2CCCC2)cc1. The second-order valence-electron chi connectivity index (χ2n) is 7.54. The summed E-state index contributed by atoms with van der Waals surface area (Å²) in [6, 6.07) is 12.6. The van der Waals surface area contributed by atoms with Gasteiger partial charge in [-0.3, -0.25) is 4.90 Å². The van der Waals surface area contributed by atoms with Crippen molar-refractivity contribution in [1.29, 1.82) is 0 Å². The Morgan fingerprint density at radius 1 is 1.00 bits per heavy atom. The van der Waals surface area contributed by atoms with E-state index in [-0.39, 0.29) is 10.9 Å². The van der Waals surface area contributed by atoms with E-state index in [1.165, 1.54) is 0 Å². The first-order valence-electron chi connectivity index (χ1n) is 10.3. The Morgan fingerprint density at radius 3 is 2.40 bits per heavy atom. The van der Waals surface area contributed by atoms with Crippen molar-refractivity contribution in [2.45, 2.75) is 30.2 Å². The molecule has 0 spiro atoms. The van der Waals surface area contributed by atoms with Crippen LogP contribution in [0.3, 0.4) is 0 Å². The third-order valence-corrected chi connectivity index (χ3v) is 7.00. The molecular weight excluding hydrogens is 404 g/mol. The van der Waals surface area contributed by atoms with Crippen LogP contribution < -0.4 is 18.9 Å². The fourth-order valence-electron chi connectivity index (χ4n) is 3.92. The molecule has 0 saturated carbocycles. The molecule has 2 heterocycles. The van der Waals surface area contributed by atoms with Crippen molar-refractivity contribution in [3.05, 3.63) is 48.0 Å². The number of fused-ring (bicyclic) bond motifs is 1. The minimum absolute atomic E-state index is 0.0337. The van der Waals surface area contributed by atoms with Crippen LogP contribution in [0, 0.1) is 0 Å². The van der Waals surface area contributed by atoms with Crippen molar-refractivity contribution in [1.82, 2.24) is 9.62 Å². The maximum atomic E-state index is 13.0. The molecule has 0 amide bonds. The molecule has 0 aromatic heterocycles. The summed E-state index contributed by atoms with van der Waals surface area (Å²) in [7, 11) is -2.05. The number of hydrogen-bond acceptors (Lipinski definition) is 6. The summed E-state index contributed by atoms with van der Waals surface area (Å²) in [5.41, 5.74) is 1.07.